The number of hydrogen-bond acceptors (Lipinski definition) is 3. The summed E-state index contributed by atoms with van der Waals surface area (Å²) in [5, 5.41) is 0. The van der Waals surface area contributed by atoms with E-state index in [0.717, 1.165) is 0 Å². The number of terminal acetylenes is 1. The van der Waals surface area contributed by atoms with Crippen LogP contribution in [0.25, 0.3) is 0 Å². The Labute approximate surface area is 103 Å². The van der Waals surface area contributed by atoms with Crippen molar-refractivity contribution < 1.29 is 14.3 Å². The van der Waals surface area contributed by atoms with Crippen molar-refractivity contribution in [3.63, 3.8) is 0 Å². The molecule has 94 valence electrons. The second-order valence-corrected chi connectivity index (χ2v) is 5.56. The van der Waals surface area contributed by atoms with Gasteiger partial charge in [0.2, 0.25) is 5.79 Å². The minimum absolute atomic E-state index is 0.198. The average Bonchev–Trinajstić information content (AvgIpc) is 2.40. The fourth-order valence-corrected chi connectivity index (χ4v) is 1.71. The first-order chi connectivity index (χ1) is 7.71. The summed E-state index contributed by atoms with van der Waals surface area (Å²) in [6.45, 7) is 11.3. The van der Waals surface area contributed by atoms with Crippen LogP contribution in [0.4, 0.5) is 0 Å². The second-order valence-electron chi connectivity index (χ2n) is 5.56. The van der Waals surface area contributed by atoms with E-state index in [-0.39, 0.29) is 11.8 Å². The summed E-state index contributed by atoms with van der Waals surface area (Å²) in [5.74, 6) is 1.13. The Morgan fingerprint density at radius 1 is 1.53 bits per heavy atom. The largest absolute Gasteiger partial charge is 0.431 e. The summed E-state index contributed by atoms with van der Waals surface area (Å²) in [6.07, 6.45) is 7.50. The van der Waals surface area contributed by atoms with E-state index in [1.165, 1.54) is 0 Å². The Kier molecular flexibility index (Phi) is 3.40. The van der Waals surface area contributed by atoms with Crippen LogP contribution >= 0.6 is 0 Å². The lowest BCUT2D eigenvalue weighted by molar-refractivity contribution is -0.231. The predicted octanol–water partition coefficient (Wildman–Crippen LogP) is 2.66. The number of cyclic esters (lactones) is 1. The summed E-state index contributed by atoms with van der Waals surface area (Å²) >= 11 is 0. The maximum absolute atomic E-state index is 12.0. The van der Waals surface area contributed by atoms with Gasteiger partial charge in [0.1, 0.15) is 0 Å². The molecule has 1 heterocycles. The summed E-state index contributed by atoms with van der Waals surface area (Å²) in [5.41, 5.74) is -1.39. The van der Waals surface area contributed by atoms with Gasteiger partial charge in [-0.15, -0.1) is 18.9 Å². The van der Waals surface area contributed by atoms with Gasteiger partial charge >= 0.3 is 5.97 Å². The molecule has 0 spiro atoms. The first-order valence-electron chi connectivity index (χ1n) is 5.69. The third kappa shape index (κ3) is 2.23. The monoisotopic (exact) mass is 236 g/mol. The zero-order chi connectivity index (χ0) is 13.3. The topological polar surface area (TPSA) is 35.5 Å². The molecule has 0 aromatic carbocycles. The van der Waals surface area contributed by atoms with E-state index in [0.29, 0.717) is 6.42 Å². The van der Waals surface area contributed by atoms with Crippen molar-refractivity contribution in [1.82, 2.24) is 0 Å². The SMILES string of the molecule is C#CC[C@@]1(CC=C)O[C@@](C)(C(C)(C)C)OC1=O. The van der Waals surface area contributed by atoms with Gasteiger partial charge in [-0.1, -0.05) is 26.8 Å². The molecule has 17 heavy (non-hydrogen) atoms. The van der Waals surface area contributed by atoms with Gasteiger partial charge in [0.25, 0.3) is 0 Å². The average molecular weight is 236 g/mol. The minimum atomic E-state index is -1.07. The Balaban J connectivity index is 3.10. The van der Waals surface area contributed by atoms with Crippen LogP contribution in [0.2, 0.25) is 0 Å². The molecular formula is C14H20O3. The molecule has 3 nitrogen and oxygen atoms in total. The van der Waals surface area contributed by atoms with E-state index in [9.17, 15) is 4.79 Å². The van der Waals surface area contributed by atoms with Crippen molar-refractivity contribution in [2.45, 2.75) is 51.9 Å². The van der Waals surface area contributed by atoms with Crippen molar-refractivity contribution in [2.75, 3.05) is 0 Å². The van der Waals surface area contributed by atoms with E-state index in [4.69, 9.17) is 15.9 Å². The number of rotatable bonds is 3. The summed E-state index contributed by atoms with van der Waals surface area (Å²) in [7, 11) is 0. The van der Waals surface area contributed by atoms with E-state index >= 15 is 0 Å². The van der Waals surface area contributed by atoms with Crippen LogP contribution in [0.5, 0.6) is 0 Å². The lowest BCUT2D eigenvalue weighted by atomic mass is 9.86. The molecule has 0 aromatic rings. The third-order valence-corrected chi connectivity index (χ3v) is 3.27. The Hall–Kier alpha value is -1.27. The molecule has 1 aliphatic heterocycles. The Morgan fingerprint density at radius 2 is 2.12 bits per heavy atom. The fraction of sp³-hybridized carbons (Fsp3) is 0.643. The van der Waals surface area contributed by atoms with Crippen molar-refractivity contribution in [2.24, 2.45) is 5.41 Å². The number of ether oxygens (including phenoxy) is 2. The van der Waals surface area contributed by atoms with E-state index < -0.39 is 17.4 Å². The van der Waals surface area contributed by atoms with Crippen LogP contribution in [0, 0.1) is 17.8 Å². The number of esters is 1. The predicted molar refractivity (Wildman–Crippen MR) is 66.0 cm³/mol. The molecule has 3 heteroatoms. The van der Waals surface area contributed by atoms with Crippen molar-refractivity contribution in [3.05, 3.63) is 12.7 Å². The van der Waals surface area contributed by atoms with E-state index in [1.807, 2.05) is 20.8 Å². The van der Waals surface area contributed by atoms with Gasteiger partial charge in [-0.3, -0.25) is 0 Å². The first-order valence-corrected chi connectivity index (χ1v) is 5.69. The van der Waals surface area contributed by atoms with Gasteiger partial charge < -0.3 is 9.47 Å². The molecule has 0 bridgehead atoms. The minimum Gasteiger partial charge on any atom is -0.431 e. The Bertz CT molecular complexity index is 372. The van der Waals surface area contributed by atoms with Gasteiger partial charge in [0, 0.05) is 25.2 Å². The molecule has 1 rings (SSSR count). The van der Waals surface area contributed by atoms with Gasteiger partial charge in [0.05, 0.1) is 0 Å². The van der Waals surface area contributed by atoms with Crippen LogP contribution in [-0.2, 0) is 14.3 Å². The van der Waals surface area contributed by atoms with Gasteiger partial charge in [0.15, 0.2) is 5.60 Å². The van der Waals surface area contributed by atoms with Crippen LogP contribution < -0.4 is 0 Å². The van der Waals surface area contributed by atoms with Gasteiger partial charge in [-0.05, 0) is 0 Å². The lowest BCUT2D eigenvalue weighted by Crippen LogP contribution is -2.43. The zero-order valence-electron chi connectivity index (χ0n) is 11.0. The zero-order valence-corrected chi connectivity index (χ0v) is 11.0. The van der Waals surface area contributed by atoms with Crippen LogP contribution in [0.15, 0.2) is 12.7 Å². The maximum Gasteiger partial charge on any atom is 0.342 e. The molecule has 0 N–H and O–H groups in total. The molecule has 0 amide bonds. The van der Waals surface area contributed by atoms with Crippen molar-refractivity contribution in [1.29, 1.82) is 0 Å². The highest BCUT2D eigenvalue weighted by molar-refractivity contribution is 5.82. The smallest absolute Gasteiger partial charge is 0.342 e. The van der Waals surface area contributed by atoms with Crippen molar-refractivity contribution >= 4 is 5.97 Å². The summed E-state index contributed by atoms with van der Waals surface area (Å²) in [6, 6.07) is 0. The highest BCUT2D eigenvalue weighted by Crippen LogP contribution is 2.46. The summed E-state index contributed by atoms with van der Waals surface area (Å²) < 4.78 is 11.3. The second kappa shape index (κ2) is 4.19. The standard InChI is InChI=1S/C14H20O3/c1-7-9-14(10-8-2)11(15)16-13(6,17-14)12(3,4)5/h1,8H,2,9-10H2,3-6H3/t13-,14-/m0/s1. The van der Waals surface area contributed by atoms with E-state index in [1.54, 1.807) is 13.0 Å². The molecule has 0 saturated carbocycles. The molecule has 0 unspecified atom stereocenters. The molecule has 0 aromatic heterocycles. The highest BCUT2D eigenvalue weighted by atomic mass is 16.8. The Morgan fingerprint density at radius 3 is 2.47 bits per heavy atom. The molecule has 0 aliphatic carbocycles. The fourth-order valence-electron chi connectivity index (χ4n) is 1.71. The molecular weight excluding hydrogens is 216 g/mol. The highest BCUT2D eigenvalue weighted by Gasteiger charge is 2.59. The number of carbonyl (C=O) groups is 1. The summed E-state index contributed by atoms with van der Waals surface area (Å²) in [4.78, 5) is 12.0. The maximum atomic E-state index is 12.0. The molecule has 2 atom stereocenters. The molecule has 0 radical (unpaired) electrons. The molecule has 1 aliphatic rings. The third-order valence-electron chi connectivity index (χ3n) is 3.27. The molecule has 1 saturated heterocycles. The quantitative estimate of drug-likeness (QED) is 0.429. The van der Waals surface area contributed by atoms with Crippen molar-refractivity contribution in [3.8, 4) is 12.3 Å². The van der Waals surface area contributed by atoms with Crippen LogP contribution in [0.1, 0.15) is 40.5 Å². The molecule has 1 fully saturated rings. The van der Waals surface area contributed by atoms with E-state index in [2.05, 4.69) is 12.5 Å². The van der Waals surface area contributed by atoms with Gasteiger partial charge in [-0.2, -0.15) is 0 Å². The normalized spacial score (nSPS) is 33.0. The van der Waals surface area contributed by atoms with Crippen LogP contribution in [0.3, 0.4) is 0 Å². The first kappa shape index (κ1) is 13.8. The van der Waals surface area contributed by atoms with Crippen LogP contribution in [-0.4, -0.2) is 17.4 Å². The van der Waals surface area contributed by atoms with Gasteiger partial charge in [-0.25, -0.2) is 4.79 Å². The number of carbonyl (C=O) groups excluding carboxylic acids is 1. The number of hydrogen-bond donors (Lipinski definition) is 0. The lowest BCUT2D eigenvalue weighted by Gasteiger charge is -2.36.